The van der Waals surface area contributed by atoms with Gasteiger partial charge in [-0.15, -0.1) is 0 Å². The van der Waals surface area contributed by atoms with Gasteiger partial charge in [0, 0.05) is 18.9 Å². The second kappa shape index (κ2) is 14.1. The number of carboxylic acids is 1. The minimum atomic E-state index is -1.18. The maximum atomic E-state index is 12.9. The second-order valence-corrected chi connectivity index (χ2v) is 9.14. The highest BCUT2D eigenvalue weighted by Crippen LogP contribution is 2.09. The summed E-state index contributed by atoms with van der Waals surface area (Å²) in [5.74, 6) is -2.69. The predicted molar refractivity (Wildman–Crippen MR) is 136 cm³/mol. The molecule has 10 heteroatoms. The molecule has 0 aliphatic carbocycles. The van der Waals surface area contributed by atoms with Crippen molar-refractivity contribution in [2.45, 2.75) is 56.3 Å². The van der Waals surface area contributed by atoms with Crippen LogP contribution in [0.3, 0.4) is 0 Å². The first-order valence-corrected chi connectivity index (χ1v) is 12.4. The number of nitrogens with one attached hydrogen (secondary N) is 4. The summed E-state index contributed by atoms with van der Waals surface area (Å²) in [6.07, 6.45) is 1.73. The first kappa shape index (κ1) is 27.8. The Hall–Kier alpha value is -3.76. The maximum Gasteiger partial charge on any atom is 0.326 e. The summed E-state index contributed by atoms with van der Waals surface area (Å²) in [7, 11) is 0. The number of aliphatic hydroxyl groups excluding tert-OH is 1. The number of hydrogen-bond acceptors (Lipinski definition) is 6. The van der Waals surface area contributed by atoms with Gasteiger partial charge in [-0.25, -0.2) is 4.79 Å². The van der Waals surface area contributed by atoms with E-state index in [1.807, 2.05) is 36.4 Å². The van der Waals surface area contributed by atoms with Gasteiger partial charge in [0.2, 0.25) is 17.7 Å². The molecule has 6 N–H and O–H groups in total. The van der Waals surface area contributed by atoms with Gasteiger partial charge in [-0.05, 0) is 36.9 Å². The van der Waals surface area contributed by atoms with Gasteiger partial charge in [0.15, 0.2) is 0 Å². The Morgan fingerprint density at radius 3 is 2.03 bits per heavy atom. The van der Waals surface area contributed by atoms with Crippen LogP contribution in [0.15, 0.2) is 60.7 Å². The molecule has 3 amide bonds. The Labute approximate surface area is 215 Å². The van der Waals surface area contributed by atoms with Crippen LogP contribution in [0.5, 0.6) is 0 Å². The molecule has 2 aromatic rings. The largest absolute Gasteiger partial charge is 0.480 e. The van der Waals surface area contributed by atoms with E-state index >= 15 is 0 Å². The molecular formula is C27H34N4O6. The third-order valence-corrected chi connectivity index (χ3v) is 6.21. The van der Waals surface area contributed by atoms with E-state index in [0.29, 0.717) is 19.4 Å². The molecule has 37 heavy (non-hydrogen) atoms. The standard InChI is InChI=1S/C27H34N4O6/c32-17-23(31-25(34)21-12-7-13-28-21)26(35)29-20(14-18-8-3-1-4-9-18)16-24(33)30-22(27(36)37)15-19-10-5-2-6-11-19/h1-6,8-11,20-23,28,32H,7,12-17H2,(H,29,35)(H,30,33)(H,31,34)(H,36,37). The molecular weight excluding hydrogens is 476 g/mol. The summed E-state index contributed by atoms with van der Waals surface area (Å²) in [6, 6.07) is 14.8. The lowest BCUT2D eigenvalue weighted by Gasteiger charge is -2.24. The van der Waals surface area contributed by atoms with Crippen LogP contribution in [0, 0.1) is 0 Å². The smallest absolute Gasteiger partial charge is 0.326 e. The van der Waals surface area contributed by atoms with Crippen LogP contribution in [0.25, 0.3) is 0 Å². The number of carboxylic acid groups (broad SMARTS) is 1. The van der Waals surface area contributed by atoms with Crippen LogP contribution in [-0.2, 0) is 32.0 Å². The van der Waals surface area contributed by atoms with Crippen molar-refractivity contribution in [1.82, 2.24) is 21.3 Å². The van der Waals surface area contributed by atoms with E-state index in [1.54, 1.807) is 24.3 Å². The van der Waals surface area contributed by atoms with E-state index in [2.05, 4.69) is 21.3 Å². The average molecular weight is 511 g/mol. The molecule has 0 radical (unpaired) electrons. The maximum absolute atomic E-state index is 12.9. The molecule has 0 aromatic heterocycles. The number of aliphatic hydroxyl groups is 1. The molecule has 1 aliphatic heterocycles. The van der Waals surface area contributed by atoms with Gasteiger partial charge >= 0.3 is 5.97 Å². The van der Waals surface area contributed by atoms with E-state index in [9.17, 15) is 29.4 Å². The minimum absolute atomic E-state index is 0.117. The van der Waals surface area contributed by atoms with E-state index in [1.165, 1.54) is 0 Å². The molecule has 2 aromatic carbocycles. The van der Waals surface area contributed by atoms with Gasteiger partial charge in [0.05, 0.1) is 12.6 Å². The van der Waals surface area contributed by atoms with Crippen molar-refractivity contribution >= 4 is 23.7 Å². The molecule has 1 saturated heterocycles. The highest BCUT2D eigenvalue weighted by molar-refractivity contribution is 5.90. The third-order valence-electron chi connectivity index (χ3n) is 6.21. The van der Waals surface area contributed by atoms with Gasteiger partial charge in [0.25, 0.3) is 0 Å². The van der Waals surface area contributed by atoms with E-state index in [4.69, 9.17) is 0 Å². The summed E-state index contributed by atoms with van der Waals surface area (Å²) in [5.41, 5.74) is 1.63. The Kier molecular flexibility index (Phi) is 10.6. The average Bonchev–Trinajstić information content (AvgIpc) is 3.43. The fraction of sp³-hybridized carbons (Fsp3) is 0.407. The minimum Gasteiger partial charge on any atom is -0.480 e. The van der Waals surface area contributed by atoms with Crippen molar-refractivity contribution in [3.63, 3.8) is 0 Å². The monoisotopic (exact) mass is 510 g/mol. The Bertz CT molecular complexity index is 1040. The number of carbonyl (C=O) groups is 4. The summed E-state index contributed by atoms with van der Waals surface area (Å²) >= 11 is 0. The summed E-state index contributed by atoms with van der Waals surface area (Å²) in [4.78, 5) is 50.0. The van der Waals surface area contributed by atoms with Crippen LogP contribution < -0.4 is 21.3 Å². The van der Waals surface area contributed by atoms with Crippen molar-refractivity contribution in [2.75, 3.05) is 13.2 Å². The Balaban J connectivity index is 1.65. The molecule has 0 saturated carbocycles. The lowest BCUT2D eigenvalue weighted by molar-refractivity contribution is -0.142. The van der Waals surface area contributed by atoms with Gasteiger partial charge < -0.3 is 31.5 Å². The van der Waals surface area contributed by atoms with Crippen molar-refractivity contribution < 1.29 is 29.4 Å². The van der Waals surface area contributed by atoms with Gasteiger partial charge in [-0.3, -0.25) is 14.4 Å². The third kappa shape index (κ3) is 9.00. The molecule has 1 aliphatic rings. The summed E-state index contributed by atoms with van der Waals surface area (Å²) < 4.78 is 0. The molecule has 1 fully saturated rings. The lowest BCUT2D eigenvalue weighted by atomic mass is 10.0. The van der Waals surface area contributed by atoms with Crippen molar-refractivity contribution in [1.29, 1.82) is 0 Å². The highest BCUT2D eigenvalue weighted by atomic mass is 16.4. The zero-order valence-corrected chi connectivity index (χ0v) is 20.6. The van der Waals surface area contributed by atoms with Crippen LogP contribution >= 0.6 is 0 Å². The SMILES string of the molecule is O=C(CC(Cc1ccccc1)NC(=O)C(CO)NC(=O)C1CCCN1)NC(Cc1ccccc1)C(=O)O. The van der Waals surface area contributed by atoms with Crippen LogP contribution in [0.4, 0.5) is 0 Å². The fourth-order valence-electron chi connectivity index (χ4n) is 4.28. The number of hydrogen-bond donors (Lipinski definition) is 6. The fourth-order valence-corrected chi connectivity index (χ4v) is 4.28. The molecule has 1 heterocycles. The number of carbonyl (C=O) groups excluding carboxylic acids is 3. The van der Waals surface area contributed by atoms with Crippen LogP contribution in [0.2, 0.25) is 0 Å². The number of rotatable bonds is 13. The number of amides is 3. The van der Waals surface area contributed by atoms with Crippen LogP contribution in [-0.4, -0.2) is 71.2 Å². The molecule has 10 nitrogen and oxygen atoms in total. The Morgan fingerprint density at radius 1 is 0.865 bits per heavy atom. The molecule has 4 atom stereocenters. The second-order valence-electron chi connectivity index (χ2n) is 9.14. The predicted octanol–water partition coefficient (Wildman–Crippen LogP) is 0.145. The van der Waals surface area contributed by atoms with E-state index in [-0.39, 0.29) is 18.7 Å². The quantitative estimate of drug-likeness (QED) is 0.224. The lowest BCUT2D eigenvalue weighted by Crippen LogP contribution is -2.55. The first-order valence-electron chi connectivity index (χ1n) is 12.4. The van der Waals surface area contributed by atoms with Crippen LogP contribution in [0.1, 0.15) is 30.4 Å². The Morgan fingerprint density at radius 2 is 1.49 bits per heavy atom. The van der Waals surface area contributed by atoms with Crippen molar-refractivity contribution in [3.05, 3.63) is 71.8 Å². The van der Waals surface area contributed by atoms with E-state index < -0.39 is 48.6 Å². The zero-order valence-electron chi connectivity index (χ0n) is 20.6. The number of aliphatic carboxylic acids is 1. The summed E-state index contributed by atoms with van der Waals surface area (Å²) in [6.45, 7) is 0.108. The molecule has 198 valence electrons. The molecule has 0 spiro atoms. The van der Waals surface area contributed by atoms with Crippen molar-refractivity contribution in [3.8, 4) is 0 Å². The molecule has 4 unspecified atom stereocenters. The molecule has 3 rings (SSSR count). The van der Waals surface area contributed by atoms with Gasteiger partial charge in [0.1, 0.15) is 12.1 Å². The molecule has 0 bridgehead atoms. The topological polar surface area (TPSA) is 157 Å². The highest BCUT2D eigenvalue weighted by Gasteiger charge is 2.29. The van der Waals surface area contributed by atoms with Crippen molar-refractivity contribution in [2.24, 2.45) is 0 Å². The zero-order chi connectivity index (χ0) is 26.6. The number of benzene rings is 2. The van der Waals surface area contributed by atoms with E-state index in [0.717, 1.165) is 17.5 Å². The van der Waals surface area contributed by atoms with Gasteiger partial charge in [-0.1, -0.05) is 60.7 Å². The first-order chi connectivity index (χ1) is 17.9. The van der Waals surface area contributed by atoms with Gasteiger partial charge in [-0.2, -0.15) is 0 Å². The normalized spacial score (nSPS) is 17.3. The summed E-state index contributed by atoms with van der Waals surface area (Å²) in [5, 5.41) is 30.3.